The van der Waals surface area contributed by atoms with Gasteiger partial charge in [-0.05, 0) is 11.6 Å². The van der Waals surface area contributed by atoms with E-state index in [1.54, 1.807) is 0 Å². The van der Waals surface area contributed by atoms with E-state index in [0.29, 0.717) is 6.54 Å². The van der Waals surface area contributed by atoms with Gasteiger partial charge in [0.2, 0.25) is 0 Å². The molecule has 4 nitrogen and oxygen atoms in total. The molecule has 2 aromatic rings. The Morgan fingerprint density at radius 3 is 2.94 bits per heavy atom. The number of aromatic nitrogens is 1. The molecular weight excluding hydrogens is 216 g/mol. The van der Waals surface area contributed by atoms with E-state index >= 15 is 0 Å². The molecule has 2 rings (SSSR count). The topological polar surface area (TPSA) is 43.3 Å². The summed E-state index contributed by atoms with van der Waals surface area (Å²) >= 11 is 0. The van der Waals surface area contributed by atoms with Gasteiger partial charge in [0.1, 0.15) is 0 Å². The minimum Gasteiger partial charge on any atom is -0.468 e. The van der Waals surface area contributed by atoms with Gasteiger partial charge in [-0.3, -0.25) is 4.79 Å². The summed E-state index contributed by atoms with van der Waals surface area (Å²) < 4.78 is 6.66. The van der Waals surface area contributed by atoms with Gasteiger partial charge >= 0.3 is 5.97 Å². The first-order valence-electron chi connectivity index (χ1n) is 5.53. The number of hydrogen-bond acceptors (Lipinski definition) is 3. The fraction of sp³-hybridized carbons (Fsp3) is 0.308. The standard InChI is InChI=1S/C13H16N2O2/c1-15-9-10(7-14-8-13(16)17-2)11-5-3-4-6-12(11)15/h3-6,9,14H,7-8H2,1-2H3. The number of ether oxygens (including phenoxy) is 1. The number of esters is 1. The molecule has 1 aromatic heterocycles. The maximum atomic E-state index is 11.0. The number of benzene rings is 1. The number of hydrogen-bond donors (Lipinski definition) is 1. The van der Waals surface area contributed by atoms with E-state index in [-0.39, 0.29) is 12.5 Å². The Hall–Kier alpha value is -1.81. The van der Waals surface area contributed by atoms with Gasteiger partial charge in [-0.25, -0.2) is 0 Å². The van der Waals surface area contributed by atoms with Gasteiger partial charge in [0.05, 0.1) is 13.7 Å². The van der Waals surface area contributed by atoms with Crippen LogP contribution < -0.4 is 5.32 Å². The molecule has 90 valence electrons. The van der Waals surface area contributed by atoms with Crippen LogP contribution in [0, 0.1) is 0 Å². The normalized spacial score (nSPS) is 10.7. The van der Waals surface area contributed by atoms with E-state index in [1.807, 2.05) is 19.2 Å². The van der Waals surface area contributed by atoms with Crippen LogP contribution in [0.15, 0.2) is 30.5 Å². The van der Waals surface area contributed by atoms with Crippen LogP contribution in [0.1, 0.15) is 5.56 Å². The van der Waals surface area contributed by atoms with Gasteiger partial charge in [-0.2, -0.15) is 0 Å². The molecule has 4 heteroatoms. The highest BCUT2D eigenvalue weighted by atomic mass is 16.5. The molecule has 0 saturated heterocycles. The zero-order valence-corrected chi connectivity index (χ0v) is 10.1. The molecule has 0 atom stereocenters. The lowest BCUT2D eigenvalue weighted by Crippen LogP contribution is -2.23. The highest BCUT2D eigenvalue weighted by Gasteiger charge is 2.06. The smallest absolute Gasteiger partial charge is 0.319 e. The van der Waals surface area contributed by atoms with Crippen LogP contribution in [0.25, 0.3) is 10.9 Å². The first-order chi connectivity index (χ1) is 8.22. The highest BCUT2D eigenvalue weighted by molar-refractivity contribution is 5.83. The van der Waals surface area contributed by atoms with E-state index in [4.69, 9.17) is 0 Å². The molecule has 0 aliphatic rings. The summed E-state index contributed by atoms with van der Waals surface area (Å²) in [4.78, 5) is 11.0. The Bertz CT molecular complexity index is 531. The van der Waals surface area contributed by atoms with Crippen LogP contribution >= 0.6 is 0 Å². The number of carbonyl (C=O) groups excluding carboxylic acids is 1. The summed E-state index contributed by atoms with van der Waals surface area (Å²) in [5, 5.41) is 4.29. The van der Waals surface area contributed by atoms with Crippen molar-refractivity contribution >= 4 is 16.9 Å². The highest BCUT2D eigenvalue weighted by Crippen LogP contribution is 2.19. The van der Waals surface area contributed by atoms with Gasteiger partial charge in [-0.15, -0.1) is 0 Å². The van der Waals surface area contributed by atoms with Crippen LogP contribution in [-0.4, -0.2) is 24.2 Å². The second-order valence-electron chi connectivity index (χ2n) is 3.96. The fourth-order valence-corrected chi connectivity index (χ4v) is 1.94. The summed E-state index contributed by atoms with van der Waals surface area (Å²) in [6, 6.07) is 8.21. The molecule has 0 radical (unpaired) electrons. The van der Waals surface area contributed by atoms with Crippen LogP contribution in [0.3, 0.4) is 0 Å². The molecule has 1 aromatic carbocycles. The van der Waals surface area contributed by atoms with Crippen molar-refractivity contribution in [1.29, 1.82) is 0 Å². The molecule has 0 bridgehead atoms. The Morgan fingerprint density at radius 1 is 1.41 bits per heavy atom. The van der Waals surface area contributed by atoms with Crippen molar-refractivity contribution in [2.24, 2.45) is 7.05 Å². The van der Waals surface area contributed by atoms with E-state index < -0.39 is 0 Å². The molecule has 0 amide bonds. The van der Waals surface area contributed by atoms with Crippen molar-refractivity contribution in [3.63, 3.8) is 0 Å². The Morgan fingerprint density at radius 2 is 2.18 bits per heavy atom. The lowest BCUT2D eigenvalue weighted by Gasteiger charge is -2.02. The predicted molar refractivity (Wildman–Crippen MR) is 66.6 cm³/mol. The molecule has 1 heterocycles. The fourth-order valence-electron chi connectivity index (χ4n) is 1.94. The Labute approximate surface area is 100 Å². The van der Waals surface area contributed by atoms with Crippen molar-refractivity contribution in [3.05, 3.63) is 36.0 Å². The SMILES string of the molecule is COC(=O)CNCc1cn(C)c2ccccc12. The molecule has 0 aliphatic heterocycles. The van der Waals surface area contributed by atoms with Gasteiger partial charge in [0.15, 0.2) is 0 Å². The largest absolute Gasteiger partial charge is 0.468 e. The second-order valence-corrected chi connectivity index (χ2v) is 3.96. The number of para-hydroxylation sites is 1. The van der Waals surface area contributed by atoms with E-state index in [2.05, 4.69) is 33.0 Å². The van der Waals surface area contributed by atoms with E-state index in [1.165, 1.54) is 23.6 Å². The van der Waals surface area contributed by atoms with E-state index in [0.717, 1.165) is 0 Å². The number of nitrogens with one attached hydrogen (secondary N) is 1. The maximum Gasteiger partial charge on any atom is 0.319 e. The predicted octanol–water partition coefficient (Wildman–Crippen LogP) is 1.44. The average Bonchev–Trinajstić information content (AvgIpc) is 2.67. The van der Waals surface area contributed by atoms with Crippen LogP contribution in [0.5, 0.6) is 0 Å². The van der Waals surface area contributed by atoms with Crippen LogP contribution in [-0.2, 0) is 23.1 Å². The number of methoxy groups -OCH3 is 1. The number of fused-ring (bicyclic) bond motifs is 1. The van der Waals surface area contributed by atoms with Crippen molar-refractivity contribution in [1.82, 2.24) is 9.88 Å². The molecule has 0 spiro atoms. The Balaban J connectivity index is 2.11. The zero-order chi connectivity index (χ0) is 12.3. The monoisotopic (exact) mass is 232 g/mol. The first-order valence-corrected chi connectivity index (χ1v) is 5.53. The average molecular weight is 232 g/mol. The van der Waals surface area contributed by atoms with E-state index in [9.17, 15) is 4.79 Å². The van der Waals surface area contributed by atoms with Gasteiger partial charge < -0.3 is 14.6 Å². The quantitative estimate of drug-likeness (QED) is 0.811. The zero-order valence-electron chi connectivity index (χ0n) is 10.1. The molecule has 0 fully saturated rings. The first kappa shape index (κ1) is 11.7. The van der Waals surface area contributed by atoms with Crippen LogP contribution in [0.2, 0.25) is 0 Å². The summed E-state index contributed by atoms with van der Waals surface area (Å²) in [6.07, 6.45) is 2.08. The second kappa shape index (κ2) is 5.01. The van der Waals surface area contributed by atoms with Crippen molar-refractivity contribution in [3.8, 4) is 0 Å². The van der Waals surface area contributed by atoms with Crippen molar-refractivity contribution in [2.45, 2.75) is 6.54 Å². The Kier molecular flexibility index (Phi) is 3.44. The lowest BCUT2D eigenvalue weighted by molar-refractivity contribution is -0.139. The summed E-state index contributed by atoms with van der Waals surface area (Å²) in [7, 11) is 3.41. The maximum absolute atomic E-state index is 11.0. The molecule has 1 N–H and O–H groups in total. The number of nitrogens with zero attached hydrogens (tertiary/aromatic N) is 1. The van der Waals surface area contributed by atoms with Crippen LogP contribution in [0.4, 0.5) is 0 Å². The molecule has 0 aliphatic carbocycles. The number of rotatable bonds is 4. The van der Waals surface area contributed by atoms with Gasteiger partial charge in [0.25, 0.3) is 0 Å². The lowest BCUT2D eigenvalue weighted by atomic mass is 10.2. The molecule has 17 heavy (non-hydrogen) atoms. The third-order valence-corrected chi connectivity index (χ3v) is 2.79. The minimum absolute atomic E-state index is 0.236. The third kappa shape index (κ3) is 2.47. The van der Waals surface area contributed by atoms with Gasteiger partial charge in [0, 0.05) is 30.7 Å². The number of aryl methyl sites for hydroxylation is 1. The number of carbonyl (C=O) groups is 1. The van der Waals surface area contributed by atoms with Crippen molar-refractivity contribution < 1.29 is 9.53 Å². The molecule has 0 saturated carbocycles. The summed E-state index contributed by atoms with van der Waals surface area (Å²) in [6.45, 7) is 0.899. The minimum atomic E-state index is -0.245. The van der Waals surface area contributed by atoms with Gasteiger partial charge in [-0.1, -0.05) is 18.2 Å². The summed E-state index contributed by atoms with van der Waals surface area (Å²) in [5.74, 6) is -0.245. The van der Waals surface area contributed by atoms with Crippen molar-refractivity contribution in [2.75, 3.05) is 13.7 Å². The molecule has 0 unspecified atom stereocenters. The molecular formula is C13H16N2O2. The summed E-state index contributed by atoms with van der Waals surface area (Å²) in [5.41, 5.74) is 2.38. The third-order valence-electron chi connectivity index (χ3n) is 2.79.